The highest BCUT2D eigenvalue weighted by molar-refractivity contribution is 7.45. The first-order valence-corrected chi connectivity index (χ1v) is 27.1. The lowest BCUT2D eigenvalue weighted by Gasteiger charge is -2.29. The van der Waals surface area contributed by atoms with Gasteiger partial charge in [-0.05, 0) is 44.9 Å². The Morgan fingerprint density at radius 1 is 0.581 bits per heavy atom. The zero-order valence-electron chi connectivity index (χ0n) is 41.1. The maximum absolute atomic E-state index is 12.8. The molecule has 0 aromatic carbocycles. The first-order chi connectivity index (χ1) is 30.0. The number of carbonyl (C=O) groups excluding carboxylic acids is 1. The van der Waals surface area contributed by atoms with Gasteiger partial charge in [0, 0.05) is 6.42 Å². The average molecular weight is 891 g/mol. The van der Waals surface area contributed by atoms with Crippen LogP contribution < -0.4 is 10.2 Å². The highest BCUT2D eigenvalue weighted by atomic mass is 31.2. The third-order valence-electron chi connectivity index (χ3n) is 11.2. The van der Waals surface area contributed by atoms with Crippen molar-refractivity contribution in [3.8, 4) is 0 Å². The number of likely N-dealkylation sites (N-methyl/N-ethyl adjacent to an activating group) is 1. The zero-order chi connectivity index (χ0) is 45.7. The summed E-state index contributed by atoms with van der Waals surface area (Å²) in [7, 11) is 1.21. The Kier molecular flexibility index (Phi) is 43.1. The second kappa shape index (κ2) is 44.4. The van der Waals surface area contributed by atoms with Crippen LogP contribution in [0.1, 0.15) is 219 Å². The number of phosphoric acid groups is 1. The Morgan fingerprint density at radius 3 is 1.40 bits per heavy atom. The number of hydrogen-bond donors (Lipinski definition) is 2. The van der Waals surface area contributed by atoms with Crippen molar-refractivity contribution < 1.29 is 32.9 Å². The number of unbranched alkanes of at least 4 members (excludes halogenated alkanes) is 25. The molecule has 0 rings (SSSR count). The lowest BCUT2D eigenvalue weighted by atomic mass is 10.0. The number of carbonyl (C=O) groups is 1. The van der Waals surface area contributed by atoms with Crippen LogP contribution in [0.3, 0.4) is 0 Å². The fourth-order valence-electron chi connectivity index (χ4n) is 7.22. The molecule has 0 saturated heterocycles. The third-order valence-corrected chi connectivity index (χ3v) is 12.2. The summed E-state index contributed by atoms with van der Waals surface area (Å²) in [5.74, 6) is -0.277. The molecule has 362 valence electrons. The van der Waals surface area contributed by atoms with Crippen LogP contribution in [-0.2, 0) is 18.4 Å². The molecule has 0 spiro atoms. The van der Waals surface area contributed by atoms with E-state index >= 15 is 0 Å². The predicted octanol–water partition coefficient (Wildman–Crippen LogP) is 14.3. The van der Waals surface area contributed by atoms with Crippen molar-refractivity contribution in [2.24, 2.45) is 0 Å². The van der Waals surface area contributed by atoms with Crippen molar-refractivity contribution in [2.75, 3.05) is 40.9 Å². The molecule has 0 aliphatic heterocycles. The highest BCUT2D eigenvalue weighted by Crippen LogP contribution is 2.38. The van der Waals surface area contributed by atoms with Crippen LogP contribution in [0.5, 0.6) is 0 Å². The van der Waals surface area contributed by atoms with E-state index in [9.17, 15) is 19.4 Å². The van der Waals surface area contributed by atoms with Crippen molar-refractivity contribution in [1.82, 2.24) is 5.32 Å². The van der Waals surface area contributed by atoms with Crippen molar-refractivity contribution in [3.63, 3.8) is 0 Å². The molecule has 0 bridgehead atoms. The topological polar surface area (TPSA) is 108 Å². The van der Waals surface area contributed by atoms with E-state index in [-0.39, 0.29) is 18.9 Å². The van der Waals surface area contributed by atoms with Crippen LogP contribution in [0.4, 0.5) is 0 Å². The van der Waals surface area contributed by atoms with Crippen molar-refractivity contribution in [3.05, 3.63) is 60.8 Å². The number of quaternary nitrogens is 1. The number of rotatable bonds is 46. The van der Waals surface area contributed by atoms with E-state index in [1.54, 1.807) is 6.08 Å². The number of allylic oxidation sites excluding steroid dienone is 9. The lowest BCUT2D eigenvalue weighted by molar-refractivity contribution is -0.870. The first kappa shape index (κ1) is 60.2. The fraction of sp³-hybridized carbons (Fsp3) is 0.792. The van der Waals surface area contributed by atoms with Gasteiger partial charge in [0.25, 0.3) is 7.82 Å². The Bertz CT molecular complexity index is 1190. The van der Waals surface area contributed by atoms with E-state index < -0.39 is 26.6 Å². The summed E-state index contributed by atoms with van der Waals surface area (Å²) in [5.41, 5.74) is 0. The van der Waals surface area contributed by atoms with Gasteiger partial charge in [-0.15, -0.1) is 0 Å². The van der Waals surface area contributed by atoms with Crippen LogP contribution >= 0.6 is 7.82 Å². The zero-order valence-corrected chi connectivity index (χ0v) is 42.0. The number of nitrogens with one attached hydrogen (secondary N) is 1. The second-order valence-electron chi connectivity index (χ2n) is 18.5. The maximum atomic E-state index is 12.8. The molecule has 0 radical (unpaired) electrons. The molecule has 62 heavy (non-hydrogen) atoms. The number of amides is 1. The monoisotopic (exact) mass is 891 g/mol. The van der Waals surface area contributed by atoms with Crippen molar-refractivity contribution in [1.29, 1.82) is 0 Å². The first-order valence-electron chi connectivity index (χ1n) is 25.7. The predicted molar refractivity (Wildman–Crippen MR) is 265 cm³/mol. The van der Waals surface area contributed by atoms with E-state index in [4.69, 9.17) is 9.05 Å². The molecule has 3 atom stereocenters. The number of hydrogen-bond acceptors (Lipinski definition) is 6. The summed E-state index contributed by atoms with van der Waals surface area (Å²) < 4.78 is 23.2. The van der Waals surface area contributed by atoms with Gasteiger partial charge in [-0.2, -0.15) is 0 Å². The van der Waals surface area contributed by atoms with Crippen LogP contribution in [0, 0.1) is 0 Å². The standard InChI is InChI=1S/C53H99N2O6P/c1-6-8-10-12-14-16-18-20-21-22-23-24-25-26-27-28-29-30-31-32-33-35-36-38-40-42-44-46-52(56)51(50-61-62(58,59)60-49-48-55(3,4)5)54-53(57)47-45-43-41-39-37-34-19-17-15-13-11-9-7-2/h9,11,15,17,34,37,41,43-44,46,51-52,56H,6-8,10,12-14,16,18-33,35-36,38-40,42,45,47-50H2,1-5H3,(H-,54,57,58,59)/b11-9-,17-15-,37-34-,43-41-,46-44+. The van der Waals surface area contributed by atoms with Crippen LogP contribution in [0.15, 0.2) is 60.8 Å². The summed E-state index contributed by atoms with van der Waals surface area (Å²) >= 11 is 0. The Hall–Kier alpha value is -1.80. The SMILES string of the molecule is CC/C=C\C/C=C\C/C=C\C/C=C\CCC(=O)NC(COP(=O)([O-])OCC[N+](C)(C)C)C(O)/C=C/CCCCCCCCCCCCCCCCCCCCCCCCCCC. The minimum atomic E-state index is -4.61. The molecule has 0 aliphatic rings. The highest BCUT2D eigenvalue weighted by Gasteiger charge is 2.23. The quantitative estimate of drug-likeness (QED) is 0.0273. The molecule has 0 aromatic heterocycles. The van der Waals surface area contributed by atoms with Gasteiger partial charge in [0.1, 0.15) is 13.2 Å². The summed E-state index contributed by atoms with van der Waals surface area (Å²) in [6.45, 7) is 4.48. The summed E-state index contributed by atoms with van der Waals surface area (Å²) in [4.78, 5) is 25.3. The summed E-state index contributed by atoms with van der Waals surface area (Å²) in [6, 6.07) is -0.926. The molecular formula is C53H99N2O6P. The Balaban J connectivity index is 4.25. The fourth-order valence-corrected chi connectivity index (χ4v) is 7.95. The molecule has 0 saturated carbocycles. The minimum Gasteiger partial charge on any atom is -0.756 e. The average Bonchev–Trinajstić information content (AvgIpc) is 3.23. The van der Waals surface area contributed by atoms with Crippen LogP contribution in [0.2, 0.25) is 0 Å². The number of nitrogens with zero attached hydrogens (tertiary/aromatic N) is 1. The molecule has 0 aromatic rings. The molecule has 0 aliphatic carbocycles. The minimum absolute atomic E-state index is 0.0156. The van der Waals surface area contributed by atoms with Gasteiger partial charge in [0.2, 0.25) is 5.91 Å². The second-order valence-corrected chi connectivity index (χ2v) is 19.9. The molecule has 3 unspecified atom stereocenters. The molecule has 8 nitrogen and oxygen atoms in total. The van der Waals surface area contributed by atoms with E-state index in [1.807, 2.05) is 39.4 Å². The van der Waals surface area contributed by atoms with Gasteiger partial charge in [0.15, 0.2) is 0 Å². The van der Waals surface area contributed by atoms with Gasteiger partial charge >= 0.3 is 0 Å². The van der Waals surface area contributed by atoms with Crippen LogP contribution in [-0.4, -0.2) is 68.5 Å². The molecule has 2 N–H and O–H groups in total. The lowest BCUT2D eigenvalue weighted by Crippen LogP contribution is -2.45. The van der Waals surface area contributed by atoms with E-state index in [1.165, 1.54) is 148 Å². The number of aliphatic hydroxyl groups excluding tert-OH is 1. The van der Waals surface area contributed by atoms with E-state index in [0.717, 1.165) is 44.9 Å². The van der Waals surface area contributed by atoms with Crippen molar-refractivity contribution in [2.45, 2.75) is 231 Å². The molecule has 9 heteroatoms. The van der Waals surface area contributed by atoms with E-state index in [0.29, 0.717) is 17.4 Å². The van der Waals surface area contributed by atoms with Crippen molar-refractivity contribution >= 4 is 13.7 Å². The number of phosphoric ester groups is 1. The summed E-state index contributed by atoms with van der Waals surface area (Å²) in [5, 5.41) is 13.8. The van der Waals surface area contributed by atoms with Crippen LogP contribution in [0.25, 0.3) is 0 Å². The normalized spacial score (nSPS) is 14.6. The number of aliphatic hydroxyl groups is 1. The van der Waals surface area contributed by atoms with Gasteiger partial charge < -0.3 is 28.8 Å². The van der Waals surface area contributed by atoms with E-state index in [2.05, 4.69) is 55.6 Å². The molecule has 0 fully saturated rings. The largest absolute Gasteiger partial charge is 0.756 e. The molecule has 1 amide bonds. The summed E-state index contributed by atoms with van der Waals surface area (Å²) in [6.07, 6.45) is 58.9. The smallest absolute Gasteiger partial charge is 0.268 e. The third kappa shape index (κ3) is 46.2. The maximum Gasteiger partial charge on any atom is 0.268 e. The molecule has 0 heterocycles. The van der Waals surface area contributed by atoms with Gasteiger partial charge in [0.05, 0.1) is 39.9 Å². The van der Waals surface area contributed by atoms with Gasteiger partial charge in [-0.25, -0.2) is 0 Å². The van der Waals surface area contributed by atoms with Gasteiger partial charge in [-0.3, -0.25) is 9.36 Å². The Morgan fingerprint density at radius 2 is 0.984 bits per heavy atom. The molecular weight excluding hydrogens is 792 g/mol. The Labute approximate surface area is 383 Å². The van der Waals surface area contributed by atoms with Gasteiger partial charge in [-0.1, -0.05) is 229 Å².